The number of ketones is 1. The molecular weight excluding hydrogens is 494 g/mol. The maximum absolute atomic E-state index is 14.4. The summed E-state index contributed by atoms with van der Waals surface area (Å²) in [5.41, 5.74) is 9.85. The number of carbonyl (C=O) groups excluding carboxylic acids is 2. The molecule has 0 aromatic heterocycles. The van der Waals surface area contributed by atoms with E-state index in [0.717, 1.165) is 37.1 Å². The first kappa shape index (κ1) is 26.4. The van der Waals surface area contributed by atoms with Crippen LogP contribution in [0, 0.1) is 5.92 Å². The first-order chi connectivity index (χ1) is 19.6. The van der Waals surface area contributed by atoms with Crippen LogP contribution in [0.15, 0.2) is 97.1 Å². The molecule has 2 atom stereocenters. The number of piperidine rings is 1. The molecule has 5 nitrogen and oxygen atoms in total. The quantitative estimate of drug-likeness (QED) is 0.329. The topological polar surface area (TPSA) is 75.4 Å². The number of hydrogen-bond donors (Lipinski definition) is 2. The van der Waals surface area contributed by atoms with Crippen molar-refractivity contribution in [3.05, 3.63) is 119 Å². The second-order valence-electron chi connectivity index (χ2n) is 11.4. The number of nitrogens with two attached hydrogens (primary N) is 1. The standard InChI is InChI=1S/C35H37N3O2/c36-34(40)35(28-12-5-2-6-13-28)18-21-38(22-19-35)32(33(39)27-17-20-37-24-27)30-16-15-26-11-7-8-14-29(26)31(30)23-25-9-3-1-4-10-25/h1-16,27,32,37H,17-24H2,(H2,36,40). The molecule has 40 heavy (non-hydrogen) atoms. The van der Waals surface area contributed by atoms with Crippen molar-refractivity contribution in [3.8, 4) is 0 Å². The maximum atomic E-state index is 14.4. The molecule has 2 aliphatic rings. The summed E-state index contributed by atoms with van der Waals surface area (Å²) in [7, 11) is 0. The van der Waals surface area contributed by atoms with Crippen LogP contribution in [-0.2, 0) is 21.4 Å². The van der Waals surface area contributed by atoms with Crippen molar-refractivity contribution in [2.45, 2.75) is 37.1 Å². The number of primary amides is 1. The van der Waals surface area contributed by atoms with Crippen molar-refractivity contribution in [1.29, 1.82) is 0 Å². The van der Waals surface area contributed by atoms with Gasteiger partial charge in [0.25, 0.3) is 0 Å². The first-order valence-corrected chi connectivity index (χ1v) is 14.5. The van der Waals surface area contributed by atoms with Gasteiger partial charge in [-0.1, -0.05) is 97.1 Å². The number of amides is 1. The highest BCUT2D eigenvalue weighted by molar-refractivity contribution is 5.93. The van der Waals surface area contributed by atoms with E-state index in [1.165, 1.54) is 21.9 Å². The lowest BCUT2D eigenvalue weighted by atomic mass is 9.71. The Morgan fingerprint density at radius 2 is 1.55 bits per heavy atom. The van der Waals surface area contributed by atoms with Crippen LogP contribution in [0.2, 0.25) is 0 Å². The average molecular weight is 532 g/mol. The highest BCUT2D eigenvalue weighted by Gasteiger charge is 2.45. The number of nitrogens with one attached hydrogen (secondary N) is 1. The van der Waals surface area contributed by atoms with E-state index in [4.69, 9.17) is 5.73 Å². The molecule has 2 aliphatic heterocycles. The van der Waals surface area contributed by atoms with E-state index >= 15 is 0 Å². The van der Waals surface area contributed by atoms with Crippen LogP contribution in [0.1, 0.15) is 47.6 Å². The van der Waals surface area contributed by atoms with Gasteiger partial charge in [0.1, 0.15) is 0 Å². The monoisotopic (exact) mass is 531 g/mol. The van der Waals surface area contributed by atoms with E-state index in [1.807, 2.05) is 36.4 Å². The van der Waals surface area contributed by atoms with Crippen molar-refractivity contribution >= 4 is 22.5 Å². The van der Waals surface area contributed by atoms with Crippen LogP contribution in [0.4, 0.5) is 0 Å². The van der Waals surface area contributed by atoms with Crippen LogP contribution >= 0.6 is 0 Å². The van der Waals surface area contributed by atoms with Gasteiger partial charge in [-0.2, -0.15) is 0 Å². The molecule has 6 rings (SSSR count). The van der Waals surface area contributed by atoms with Gasteiger partial charge in [0, 0.05) is 25.6 Å². The molecule has 4 aromatic carbocycles. The number of Topliss-reactive ketones (excluding diaryl/α,β-unsaturated/α-hetero) is 1. The molecule has 2 unspecified atom stereocenters. The van der Waals surface area contributed by atoms with Crippen molar-refractivity contribution in [1.82, 2.24) is 10.2 Å². The highest BCUT2D eigenvalue weighted by Crippen LogP contribution is 2.41. The minimum Gasteiger partial charge on any atom is -0.369 e. The van der Waals surface area contributed by atoms with Gasteiger partial charge in [0.15, 0.2) is 5.78 Å². The minimum atomic E-state index is -0.712. The predicted octanol–water partition coefficient (Wildman–Crippen LogP) is 5.17. The van der Waals surface area contributed by atoms with Gasteiger partial charge >= 0.3 is 0 Å². The maximum Gasteiger partial charge on any atom is 0.228 e. The Morgan fingerprint density at radius 1 is 0.875 bits per heavy atom. The van der Waals surface area contributed by atoms with E-state index in [1.54, 1.807) is 0 Å². The number of rotatable bonds is 8. The van der Waals surface area contributed by atoms with Crippen molar-refractivity contribution in [3.63, 3.8) is 0 Å². The van der Waals surface area contributed by atoms with Crippen molar-refractivity contribution < 1.29 is 9.59 Å². The summed E-state index contributed by atoms with van der Waals surface area (Å²) in [4.78, 5) is 29.6. The molecule has 2 fully saturated rings. The van der Waals surface area contributed by atoms with Crippen LogP contribution in [0.5, 0.6) is 0 Å². The SMILES string of the molecule is NC(=O)C1(c2ccccc2)CCN(C(C(=O)C2CCNC2)c2ccc3ccccc3c2Cc2ccccc2)CC1. The zero-order valence-corrected chi connectivity index (χ0v) is 22.9. The zero-order valence-electron chi connectivity index (χ0n) is 22.9. The second-order valence-corrected chi connectivity index (χ2v) is 11.4. The molecule has 204 valence electrons. The Morgan fingerprint density at radius 3 is 2.23 bits per heavy atom. The summed E-state index contributed by atoms with van der Waals surface area (Å²) in [6.45, 7) is 2.86. The lowest BCUT2D eigenvalue weighted by Crippen LogP contribution is -2.52. The number of nitrogens with zero attached hydrogens (tertiary/aromatic N) is 1. The molecular formula is C35H37N3O2. The first-order valence-electron chi connectivity index (χ1n) is 14.5. The smallest absolute Gasteiger partial charge is 0.228 e. The van der Waals surface area contributed by atoms with Gasteiger partial charge < -0.3 is 11.1 Å². The van der Waals surface area contributed by atoms with Gasteiger partial charge in [-0.3, -0.25) is 14.5 Å². The summed E-state index contributed by atoms with van der Waals surface area (Å²) in [5.74, 6) is -0.0180. The predicted molar refractivity (Wildman–Crippen MR) is 160 cm³/mol. The van der Waals surface area contributed by atoms with Crippen LogP contribution in [0.3, 0.4) is 0 Å². The Kier molecular flexibility index (Phi) is 7.50. The highest BCUT2D eigenvalue weighted by atomic mass is 16.1. The minimum absolute atomic E-state index is 0.0157. The summed E-state index contributed by atoms with van der Waals surface area (Å²) >= 11 is 0. The molecule has 2 heterocycles. The molecule has 0 aliphatic carbocycles. The Bertz CT molecular complexity index is 1490. The third-order valence-electron chi connectivity index (χ3n) is 9.14. The van der Waals surface area contributed by atoms with E-state index in [2.05, 4.69) is 70.9 Å². The van der Waals surface area contributed by atoms with Gasteiger partial charge in [-0.05, 0) is 65.3 Å². The fourth-order valence-electron chi connectivity index (χ4n) is 6.86. The number of benzene rings is 4. The average Bonchev–Trinajstić information content (AvgIpc) is 3.55. The fourth-order valence-corrected chi connectivity index (χ4v) is 6.86. The second kappa shape index (κ2) is 11.4. The molecule has 0 spiro atoms. The zero-order chi connectivity index (χ0) is 27.5. The van der Waals surface area contributed by atoms with Crippen molar-refractivity contribution in [2.24, 2.45) is 11.7 Å². The van der Waals surface area contributed by atoms with Crippen LogP contribution in [-0.4, -0.2) is 42.8 Å². The Hall–Kier alpha value is -3.80. The van der Waals surface area contributed by atoms with E-state index < -0.39 is 5.41 Å². The number of fused-ring (bicyclic) bond motifs is 1. The summed E-state index contributed by atoms with van der Waals surface area (Å²) < 4.78 is 0. The lowest BCUT2D eigenvalue weighted by molar-refractivity contribution is -0.130. The number of hydrogen-bond acceptors (Lipinski definition) is 4. The van der Waals surface area contributed by atoms with E-state index in [0.29, 0.717) is 25.9 Å². The normalized spacial score (nSPS) is 19.9. The fraction of sp³-hybridized carbons (Fsp3) is 0.314. The largest absolute Gasteiger partial charge is 0.369 e. The van der Waals surface area contributed by atoms with Crippen molar-refractivity contribution in [2.75, 3.05) is 26.2 Å². The van der Waals surface area contributed by atoms with Gasteiger partial charge in [-0.25, -0.2) is 0 Å². The molecule has 1 amide bonds. The molecule has 3 N–H and O–H groups in total. The van der Waals surface area contributed by atoms with E-state index in [-0.39, 0.29) is 23.7 Å². The van der Waals surface area contributed by atoms with Gasteiger partial charge in [0.05, 0.1) is 11.5 Å². The van der Waals surface area contributed by atoms with Crippen LogP contribution in [0.25, 0.3) is 10.8 Å². The summed E-state index contributed by atoms with van der Waals surface area (Å²) in [5, 5.41) is 5.77. The molecule has 2 saturated heterocycles. The molecule has 0 bridgehead atoms. The third-order valence-corrected chi connectivity index (χ3v) is 9.14. The Labute approximate surface area is 236 Å². The number of likely N-dealkylation sites (tertiary alicyclic amines) is 1. The van der Waals surface area contributed by atoms with Gasteiger partial charge in [0.2, 0.25) is 5.91 Å². The van der Waals surface area contributed by atoms with E-state index in [9.17, 15) is 9.59 Å². The molecule has 0 radical (unpaired) electrons. The molecule has 4 aromatic rings. The summed E-state index contributed by atoms with van der Waals surface area (Å²) in [6, 6.07) is 32.9. The van der Waals surface area contributed by atoms with Gasteiger partial charge in [-0.15, -0.1) is 0 Å². The Balaban J connectivity index is 1.42. The molecule has 5 heteroatoms. The summed E-state index contributed by atoms with van der Waals surface area (Å²) in [6.07, 6.45) is 2.81. The number of carbonyl (C=O) groups is 2. The third kappa shape index (κ3) is 4.96. The van der Waals surface area contributed by atoms with Crippen LogP contribution < -0.4 is 11.1 Å². The molecule has 0 saturated carbocycles. The lowest BCUT2D eigenvalue weighted by Gasteiger charge is -2.43.